The fourth-order valence-electron chi connectivity index (χ4n) is 2.84. The molecule has 1 aliphatic rings. The molecule has 0 bridgehead atoms. The zero-order chi connectivity index (χ0) is 16.5. The molecule has 7 heteroatoms. The number of carbonyl (C=O) groups excluding carboxylic acids is 1. The first-order chi connectivity index (χ1) is 11.7. The fraction of sp³-hybridized carbons (Fsp3) is 0.235. The molecule has 122 valence electrons. The summed E-state index contributed by atoms with van der Waals surface area (Å²) in [5, 5.41) is 4.01. The number of H-pyrrole nitrogens is 1. The van der Waals surface area contributed by atoms with E-state index in [0.717, 1.165) is 29.1 Å². The normalized spacial score (nSPS) is 13.6. The first-order valence-corrected chi connectivity index (χ1v) is 7.66. The molecule has 1 aliphatic heterocycles. The van der Waals surface area contributed by atoms with E-state index < -0.39 is 0 Å². The molecule has 0 radical (unpaired) electrons. The number of nitrogens with one attached hydrogen (secondary N) is 1. The summed E-state index contributed by atoms with van der Waals surface area (Å²) < 4.78 is 10.5. The molecule has 24 heavy (non-hydrogen) atoms. The summed E-state index contributed by atoms with van der Waals surface area (Å²) in [6.07, 6.45) is 2.40. The van der Waals surface area contributed by atoms with Crippen LogP contribution in [-0.2, 0) is 13.0 Å². The minimum Gasteiger partial charge on any atom is -0.497 e. The van der Waals surface area contributed by atoms with Crippen molar-refractivity contribution >= 4 is 5.91 Å². The molecule has 1 aromatic carbocycles. The highest BCUT2D eigenvalue weighted by Gasteiger charge is 2.26. The Kier molecular flexibility index (Phi) is 3.53. The summed E-state index contributed by atoms with van der Waals surface area (Å²) >= 11 is 0. The molecule has 0 atom stereocenters. The average molecular weight is 324 g/mol. The predicted octanol–water partition coefficient (Wildman–Crippen LogP) is 2.27. The standard InChI is InChI=1S/C17H16N4O3/c1-23-12-4-2-3-11(7-12)14-8-16(24-20-14)17(22)21-6-5-13-15(9-21)19-10-18-13/h2-4,7-8,10H,5-6,9H2,1H3,(H,18,19). The summed E-state index contributed by atoms with van der Waals surface area (Å²) in [6.45, 7) is 1.12. The highest BCUT2D eigenvalue weighted by Crippen LogP contribution is 2.25. The number of fused-ring (bicyclic) bond motifs is 1. The van der Waals surface area contributed by atoms with Crippen molar-refractivity contribution in [1.29, 1.82) is 0 Å². The predicted molar refractivity (Wildman–Crippen MR) is 85.5 cm³/mol. The third kappa shape index (κ3) is 2.54. The summed E-state index contributed by atoms with van der Waals surface area (Å²) in [6, 6.07) is 9.13. The van der Waals surface area contributed by atoms with Crippen molar-refractivity contribution in [3.05, 3.63) is 53.8 Å². The van der Waals surface area contributed by atoms with E-state index in [-0.39, 0.29) is 11.7 Å². The van der Waals surface area contributed by atoms with Crippen molar-refractivity contribution in [1.82, 2.24) is 20.0 Å². The Bertz CT molecular complexity index is 883. The van der Waals surface area contributed by atoms with Gasteiger partial charge in [-0.15, -0.1) is 0 Å². The van der Waals surface area contributed by atoms with Gasteiger partial charge in [0.1, 0.15) is 11.4 Å². The Morgan fingerprint density at radius 3 is 3.17 bits per heavy atom. The molecular weight excluding hydrogens is 308 g/mol. The Balaban J connectivity index is 1.55. The van der Waals surface area contributed by atoms with E-state index in [1.807, 2.05) is 24.3 Å². The lowest BCUT2D eigenvalue weighted by Crippen LogP contribution is -2.35. The van der Waals surface area contributed by atoms with E-state index in [4.69, 9.17) is 9.26 Å². The van der Waals surface area contributed by atoms with Gasteiger partial charge in [-0.05, 0) is 12.1 Å². The number of hydrogen-bond donors (Lipinski definition) is 1. The molecule has 3 aromatic rings. The van der Waals surface area contributed by atoms with Crippen LogP contribution in [0.5, 0.6) is 5.75 Å². The number of aromatic nitrogens is 3. The fourth-order valence-corrected chi connectivity index (χ4v) is 2.84. The molecule has 4 rings (SSSR count). The third-order valence-electron chi connectivity index (χ3n) is 4.15. The van der Waals surface area contributed by atoms with Crippen molar-refractivity contribution < 1.29 is 14.1 Å². The maximum Gasteiger partial charge on any atom is 0.292 e. The number of nitrogens with zero attached hydrogens (tertiary/aromatic N) is 3. The molecule has 1 amide bonds. The van der Waals surface area contributed by atoms with Gasteiger partial charge in [0.2, 0.25) is 5.76 Å². The quantitative estimate of drug-likeness (QED) is 0.799. The number of carbonyl (C=O) groups is 1. The average Bonchev–Trinajstić information content (AvgIpc) is 3.29. The van der Waals surface area contributed by atoms with Crippen LogP contribution < -0.4 is 4.74 Å². The number of methoxy groups -OCH3 is 1. The van der Waals surface area contributed by atoms with Gasteiger partial charge >= 0.3 is 0 Å². The molecule has 0 saturated heterocycles. The van der Waals surface area contributed by atoms with Gasteiger partial charge in [0.05, 0.1) is 31.4 Å². The van der Waals surface area contributed by atoms with Crippen LogP contribution in [0.4, 0.5) is 0 Å². The second-order valence-corrected chi connectivity index (χ2v) is 5.61. The van der Waals surface area contributed by atoms with E-state index in [1.165, 1.54) is 0 Å². The number of amides is 1. The molecule has 2 aromatic heterocycles. The van der Waals surface area contributed by atoms with Crippen molar-refractivity contribution in [2.24, 2.45) is 0 Å². The molecule has 0 spiro atoms. The molecule has 0 saturated carbocycles. The number of rotatable bonds is 3. The zero-order valence-electron chi connectivity index (χ0n) is 13.2. The zero-order valence-corrected chi connectivity index (χ0v) is 13.2. The molecule has 0 fully saturated rings. The largest absolute Gasteiger partial charge is 0.497 e. The van der Waals surface area contributed by atoms with Crippen LogP contribution in [0.3, 0.4) is 0 Å². The topological polar surface area (TPSA) is 84.2 Å². The van der Waals surface area contributed by atoms with Crippen LogP contribution in [0.1, 0.15) is 21.9 Å². The summed E-state index contributed by atoms with van der Waals surface area (Å²) in [7, 11) is 1.61. The molecule has 3 heterocycles. The highest BCUT2D eigenvalue weighted by atomic mass is 16.5. The summed E-state index contributed by atoms with van der Waals surface area (Å²) in [4.78, 5) is 21.7. The second kappa shape index (κ2) is 5.84. The molecule has 7 nitrogen and oxygen atoms in total. The smallest absolute Gasteiger partial charge is 0.292 e. The molecule has 0 aliphatic carbocycles. The van der Waals surface area contributed by atoms with Gasteiger partial charge in [-0.25, -0.2) is 4.98 Å². The number of benzene rings is 1. The van der Waals surface area contributed by atoms with E-state index in [2.05, 4.69) is 15.1 Å². The van der Waals surface area contributed by atoms with Crippen LogP contribution in [0.15, 0.2) is 41.2 Å². The van der Waals surface area contributed by atoms with Gasteiger partial charge in [-0.1, -0.05) is 17.3 Å². The number of hydrogen-bond acceptors (Lipinski definition) is 5. The van der Waals surface area contributed by atoms with E-state index >= 15 is 0 Å². The number of aromatic amines is 1. The van der Waals surface area contributed by atoms with Crippen LogP contribution in [-0.4, -0.2) is 39.6 Å². The second-order valence-electron chi connectivity index (χ2n) is 5.61. The maximum atomic E-state index is 12.6. The van der Waals surface area contributed by atoms with Gasteiger partial charge in [-0.3, -0.25) is 4.79 Å². The van der Waals surface area contributed by atoms with Crippen molar-refractivity contribution in [2.45, 2.75) is 13.0 Å². The van der Waals surface area contributed by atoms with Crippen molar-refractivity contribution in [2.75, 3.05) is 13.7 Å². The van der Waals surface area contributed by atoms with Crippen LogP contribution in [0.2, 0.25) is 0 Å². The summed E-state index contributed by atoms with van der Waals surface area (Å²) in [5.41, 5.74) is 3.44. The lowest BCUT2D eigenvalue weighted by atomic mass is 10.1. The monoisotopic (exact) mass is 324 g/mol. The lowest BCUT2D eigenvalue weighted by Gasteiger charge is -2.24. The van der Waals surface area contributed by atoms with Gasteiger partial charge in [0.15, 0.2) is 0 Å². The molecular formula is C17H16N4O3. The number of ether oxygens (including phenoxy) is 1. The maximum absolute atomic E-state index is 12.6. The Morgan fingerprint density at radius 2 is 2.29 bits per heavy atom. The van der Waals surface area contributed by atoms with E-state index in [0.29, 0.717) is 18.8 Å². The van der Waals surface area contributed by atoms with Crippen LogP contribution >= 0.6 is 0 Å². The van der Waals surface area contributed by atoms with E-state index in [9.17, 15) is 4.79 Å². The van der Waals surface area contributed by atoms with Gasteiger partial charge < -0.3 is 19.1 Å². The minimum atomic E-state index is -0.170. The van der Waals surface area contributed by atoms with Gasteiger partial charge in [0.25, 0.3) is 5.91 Å². The Hall–Kier alpha value is -3.09. The highest BCUT2D eigenvalue weighted by molar-refractivity contribution is 5.92. The van der Waals surface area contributed by atoms with Gasteiger partial charge in [0, 0.05) is 24.6 Å². The Labute approximate surface area is 138 Å². The SMILES string of the molecule is COc1cccc(-c2cc(C(=O)N3CCc4nc[nH]c4C3)on2)c1. The Morgan fingerprint density at radius 1 is 1.38 bits per heavy atom. The van der Waals surface area contributed by atoms with Crippen molar-refractivity contribution in [3.63, 3.8) is 0 Å². The first-order valence-electron chi connectivity index (χ1n) is 7.66. The lowest BCUT2D eigenvalue weighted by molar-refractivity contribution is 0.0689. The van der Waals surface area contributed by atoms with E-state index in [1.54, 1.807) is 24.4 Å². The third-order valence-corrected chi connectivity index (χ3v) is 4.15. The minimum absolute atomic E-state index is 0.170. The van der Waals surface area contributed by atoms with Crippen LogP contribution in [0, 0.1) is 0 Å². The molecule has 1 N–H and O–H groups in total. The van der Waals surface area contributed by atoms with Crippen molar-refractivity contribution in [3.8, 4) is 17.0 Å². The van der Waals surface area contributed by atoms with Crippen LogP contribution in [0.25, 0.3) is 11.3 Å². The summed E-state index contributed by atoms with van der Waals surface area (Å²) in [5.74, 6) is 0.791. The number of imidazole rings is 1. The molecule has 0 unspecified atom stereocenters. The first kappa shape index (κ1) is 14.5. The van der Waals surface area contributed by atoms with Gasteiger partial charge in [-0.2, -0.15) is 0 Å².